The standard InChI is InChI=1S/C29H28N4O3S/c1-4-36-23-14-12-22(13-15-23)33-27(26(31-29(33)37)25-7-5-6-16-30-25)24-17-18(2)32(19(24)3)21-10-8-20(9-11-21)28(34)35/h5-17,26-27H,4H2,1-3H3,(H,31,37)(H,34,35)/t26-,27-/m1/s1. The van der Waals surface area contributed by atoms with Crippen molar-refractivity contribution in [1.29, 1.82) is 0 Å². The normalized spacial score (nSPS) is 17.1. The van der Waals surface area contributed by atoms with Crippen molar-refractivity contribution < 1.29 is 14.6 Å². The second kappa shape index (κ2) is 10.1. The number of anilines is 1. The number of nitrogens with one attached hydrogen (secondary N) is 1. The third kappa shape index (κ3) is 4.56. The molecule has 8 heteroatoms. The van der Waals surface area contributed by atoms with E-state index in [1.54, 1.807) is 18.3 Å². The van der Waals surface area contributed by atoms with Gasteiger partial charge in [0, 0.05) is 29.0 Å². The van der Waals surface area contributed by atoms with Gasteiger partial charge in [0.1, 0.15) is 5.75 Å². The maximum absolute atomic E-state index is 11.3. The number of rotatable bonds is 7. The first-order chi connectivity index (χ1) is 17.9. The maximum atomic E-state index is 11.3. The molecule has 0 unspecified atom stereocenters. The number of aromatic carboxylic acids is 1. The highest BCUT2D eigenvalue weighted by Gasteiger charge is 2.42. The zero-order valence-electron chi connectivity index (χ0n) is 20.9. The average molecular weight is 513 g/mol. The Morgan fingerprint density at radius 1 is 1.05 bits per heavy atom. The van der Waals surface area contributed by atoms with Gasteiger partial charge in [-0.2, -0.15) is 0 Å². The summed E-state index contributed by atoms with van der Waals surface area (Å²) < 4.78 is 7.79. The van der Waals surface area contributed by atoms with Gasteiger partial charge in [0.05, 0.1) is 29.9 Å². The predicted octanol–water partition coefficient (Wildman–Crippen LogP) is 5.76. The summed E-state index contributed by atoms with van der Waals surface area (Å²) in [6, 6.07) is 22.7. The first kappa shape index (κ1) is 24.5. The van der Waals surface area contributed by atoms with Gasteiger partial charge in [-0.05, 0) is 105 Å². The van der Waals surface area contributed by atoms with E-state index in [9.17, 15) is 9.90 Å². The van der Waals surface area contributed by atoms with Crippen LogP contribution in [0.3, 0.4) is 0 Å². The lowest BCUT2D eigenvalue weighted by Crippen LogP contribution is -2.29. The number of nitrogens with zero attached hydrogens (tertiary/aromatic N) is 3. The predicted molar refractivity (Wildman–Crippen MR) is 148 cm³/mol. The summed E-state index contributed by atoms with van der Waals surface area (Å²) >= 11 is 5.87. The topological polar surface area (TPSA) is 79.6 Å². The molecule has 2 aromatic heterocycles. The first-order valence-electron chi connectivity index (χ1n) is 12.1. The van der Waals surface area contributed by atoms with Crippen molar-refractivity contribution >= 4 is 29.0 Å². The SMILES string of the molecule is CCOc1ccc(N2C(=S)N[C@H](c3ccccn3)[C@H]2c2cc(C)n(-c3ccc(C(=O)O)cc3)c2C)cc1. The second-order valence-electron chi connectivity index (χ2n) is 8.94. The van der Waals surface area contributed by atoms with E-state index < -0.39 is 5.97 Å². The van der Waals surface area contributed by atoms with Crippen LogP contribution in [0, 0.1) is 13.8 Å². The van der Waals surface area contributed by atoms with E-state index in [0.717, 1.165) is 39.8 Å². The second-order valence-corrected chi connectivity index (χ2v) is 9.32. The number of hydrogen-bond acceptors (Lipinski definition) is 4. The molecule has 0 amide bonds. The maximum Gasteiger partial charge on any atom is 0.335 e. The van der Waals surface area contributed by atoms with Crippen LogP contribution in [0.25, 0.3) is 5.69 Å². The molecular weight excluding hydrogens is 484 g/mol. The highest BCUT2D eigenvalue weighted by atomic mass is 32.1. The minimum Gasteiger partial charge on any atom is -0.494 e. The molecule has 5 rings (SSSR count). The molecule has 4 aromatic rings. The van der Waals surface area contributed by atoms with Crippen LogP contribution in [0.2, 0.25) is 0 Å². The Morgan fingerprint density at radius 3 is 2.38 bits per heavy atom. The van der Waals surface area contributed by atoms with Crippen molar-refractivity contribution in [3.8, 4) is 11.4 Å². The molecule has 1 aliphatic heterocycles. The zero-order chi connectivity index (χ0) is 26.1. The number of thiocarbonyl (C=S) groups is 1. The number of benzene rings is 2. The minimum absolute atomic E-state index is 0.154. The lowest BCUT2D eigenvalue weighted by Gasteiger charge is -2.28. The molecule has 0 bridgehead atoms. The van der Waals surface area contributed by atoms with E-state index in [0.29, 0.717) is 11.7 Å². The molecule has 0 saturated carbocycles. The van der Waals surface area contributed by atoms with Crippen LogP contribution < -0.4 is 15.0 Å². The van der Waals surface area contributed by atoms with Crippen molar-refractivity contribution in [2.45, 2.75) is 32.9 Å². The van der Waals surface area contributed by atoms with E-state index >= 15 is 0 Å². The van der Waals surface area contributed by atoms with Gasteiger partial charge >= 0.3 is 5.97 Å². The fourth-order valence-corrected chi connectivity index (χ4v) is 5.40. The smallest absolute Gasteiger partial charge is 0.335 e. The van der Waals surface area contributed by atoms with Crippen LogP contribution in [0.15, 0.2) is 79.0 Å². The molecule has 0 aliphatic carbocycles. The molecule has 1 saturated heterocycles. The number of aryl methyl sites for hydroxylation is 1. The van der Waals surface area contributed by atoms with Gasteiger partial charge in [-0.1, -0.05) is 6.07 Å². The number of aromatic nitrogens is 2. The van der Waals surface area contributed by atoms with Gasteiger partial charge in [0.25, 0.3) is 0 Å². The van der Waals surface area contributed by atoms with E-state index in [1.807, 2.05) is 61.5 Å². The molecule has 2 aromatic carbocycles. The largest absolute Gasteiger partial charge is 0.494 e. The molecule has 7 nitrogen and oxygen atoms in total. The summed E-state index contributed by atoms with van der Waals surface area (Å²) in [4.78, 5) is 18.1. The quantitative estimate of drug-likeness (QED) is 0.305. The van der Waals surface area contributed by atoms with Crippen molar-refractivity contribution in [3.05, 3.63) is 107 Å². The Morgan fingerprint density at radius 2 is 1.76 bits per heavy atom. The van der Waals surface area contributed by atoms with E-state index in [-0.39, 0.29) is 17.6 Å². The van der Waals surface area contributed by atoms with Crippen molar-refractivity contribution in [2.24, 2.45) is 0 Å². The molecule has 0 spiro atoms. The Hall–Kier alpha value is -4.17. The van der Waals surface area contributed by atoms with Crippen LogP contribution in [-0.2, 0) is 0 Å². The highest BCUT2D eigenvalue weighted by molar-refractivity contribution is 7.80. The summed E-state index contributed by atoms with van der Waals surface area (Å²) in [6.07, 6.45) is 1.80. The third-order valence-corrected chi connectivity index (χ3v) is 7.00. The van der Waals surface area contributed by atoms with Gasteiger partial charge in [0.2, 0.25) is 0 Å². The summed E-state index contributed by atoms with van der Waals surface area (Å²) in [7, 11) is 0. The fraction of sp³-hybridized carbons (Fsp3) is 0.207. The average Bonchev–Trinajstić information content (AvgIpc) is 3.40. The molecule has 1 fully saturated rings. The number of hydrogen-bond donors (Lipinski definition) is 2. The molecule has 1 aliphatic rings. The molecule has 188 valence electrons. The van der Waals surface area contributed by atoms with Gasteiger partial charge in [-0.25, -0.2) is 4.79 Å². The van der Waals surface area contributed by atoms with Gasteiger partial charge in [-0.15, -0.1) is 0 Å². The first-order valence-corrected chi connectivity index (χ1v) is 12.6. The van der Waals surface area contributed by atoms with Crippen LogP contribution >= 0.6 is 12.2 Å². The molecule has 0 radical (unpaired) electrons. The molecule has 2 N–H and O–H groups in total. The summed E-state index contributed by atoms with van der Waals surface area (Å²) in [5, 5.41) is 13.4. The Balaban J connectivity index is 1.62. The fourth-order valence-electron chi connectivity index (χ4n) is 5.06. The summed E-state index contributed by atoms with van der Waals surface area (Å²) in [5.74, 6) is -0.131. The zero-order valence-corrected chi connectivity index (χ0v) is 21.7. The van der Waals surface area contributed by atoms with Crippen LogP contribution in [0.5, 0.6) is 5.75 Å². The molecule has 37 heavy (non-hydrogen) atoms. The number of carbonyl (C=O) groups is 1. The molecular formula is C29H28N4O3S. The van der Waals surface area contributed by atoms with E-state index in [2.05, 4.69) is 39.7 Å². The molecule has 2 atom stereocenters. The lowest BCUT2D eigenvalue weighted by atomic mass is 9.96. The highest BCUT2D eigenvalue weighted by Crippen LogP contribution is 2.44. The van der Waals surface area contributed by atoms with Crippen molar-refractivity contribution in [3.63, 3.8) is 0 Å². The van der Waals surface area contributed by atoms with Crippen LogP contribution in [0.4, 0.5) is 5.69 Å². The van der Waals surface area contributed by atoms with Crippen LogP contribution in [-0.4, -0.2) is 32.3 Å². The third-order valence-electron chi connectivity index (χ3n) is 6.69. The minimum atomic E-state index is -0.942. The van der Waals surface area contributed by atoms with E-state index in [4.69, 9.17) is 17.0 Å². The summed E-state index contributed by atoms with van der Waals surface area (Å²) in [6.45, 7) is 6.71. The molecule has 3 heterocycles. The van der Waals surface area contributed by atoms with Crippen molar-refractivity contribution in [2.75, 3.05) is 11.5 Å². The number of ether oxygens (including phenoxy) is 1. The Bertz CT molecular complexity index is 1430. The van der Waals surface area contributed by atoms with E-state index in [1.165, 1.54) is 0 Å². The number of carboxylic acids is 1. The van der Waals surface area contributed by atoms with Crippen molar-refractivity contribution in [1.82, 2.24) is 14.9 Å². The summed E-state index contributed by atoms with van der Waals surface area (Å²) in [5.41, 5.74) is 6.22. The number of carboxylic acid groups (broad SMARTS) is 1. The monoisotopic (exact) mass is 512 g/mol. The number of pyridine rings is 1. The Labute approximate surface area is 221 Å². The Kier molecular flexibility index (Phi) is 6.67. The lowest BCUT2D eigenvalue weighted by molar-refractivity contribution is 0.0697. The van der Waals surface area contributed by atoms with Gasteiger partial charge < -0.3 is 24.6 Å². The van der Waals surface area contributed by atoms with Gasteiger partial charge in [0.15, 0.2) is 5.11 Å². The van der Waals surface area contributed by atoms with Gasteiger partial charge in [-0.3, -0.25) is 4.98 Å². The van der Waals surface area contributed by atoms with Crippen LogP contribution in [0.1, 0.15) is 52.0 Å².